The average Bonchev–Trinajstić information content (AvgIpc) is 3.19. The molecule has 0 saturated carbocycles. The second-order valence-corrected chi connectivity index (χ2v) is 6.58. The molecule has 0 fully saturated rings. The second kappa shape index (κ2) is 8.43. The molecule has 0 bridgehead atoms. The highest BCUT2D eigenvalue weighted by molar-refractivity contribution is 6.00. The molecule has 11 heteroatoms. The molecule has 3 amide bonds. The zero-order chi connectivity index (χ0) is 21.9. The number of amides is 3. The van der Waals surface area contributed by atoms with Gasteiger partial charge < -0.3 is 21.8 Å². The van der Waals surface area contributed by atoms with Gasteiger partial charge in [0.1, 0.15) is 0 Å². The van der Waals surface area contributed by atoms with Gasteiger partial charge in [-0.3, -0.25) is 10.1 Å². The number of aryl methyl sites for hydroxylation is 1. The van der Waals surface area contributed by atoms with Crippen LogP contribution in [0.2, 0.25) is 0 Å². The Morgan fingerprint density at radius 2 is 1.80 bits per heavy atom. The first-order chi connectivity index (χ1) is 14.2. The number of hydrazine groups is 1. The molecular formula is C19H19F3N6O2. The number of halogens is 3. The number of hydrogen-bond donors (Lipinski definition) is 6. The molecule has 1 heterocycles. The fraction of sp³-hybridized carbons (Fsp3) is 0.158. The van der Waals surface area contributed by atoms with Gasteiger partial charge in [-0.1, -0.05) is 12.1 Å². The fourth-order valence-electron chi connectivity index (χ4n) is 2.75. The van der Waals surface area contributed by atoms with Gasteiger partial charge in [-0.15, -0.1) is 0 Å². The molecule has 3 rings (SSSR count). The maximum Gasteiger partial charge on any atom is 0.323 e. The van der Waals surface area contributed by atoms with Crippen LogP contribution in [-0.2, 0) is 11.3 Å². The highest BCUT2D eigenvalue weighted by Gasteiger charge is 2.35. The summed E-state index contributed by atoms with van der Waals surface area (Å²) in [4.78, 5) is 23.9. The zero-order valence-corrected chi connectivity index (χ0v) is 15.8. The Morgan fingerprint density at radius 1 is 1.07 bits per heavy atom. The molecule has 8 nitrogen and oxygen atoms in total. The molecule has 2 aromatic carbocycles. The maximum atomic E-state index is 13.7. The molecular weight excluding hydrogens is 401 g/mol. The molecule has 1 unspecified atom stereocenters. The van der Waals surface area contributed by atoms with Crippen LogP contribution in [-0.4, -0.2) is 17.6 Å². The summed E-state index contributed by atoms with van der Waals surface area (Å²) in [7, 11) is 0. The van der Waals surface area contributed by atoms with Crippen LogP contribution in [0.1, 0.15) is 11.1 Å². The Morgan fingerprint density at radius 3 is 2.47 bits per heavy atom. The third kappa shape index (κ3) is 4.36. The van der Waals surface area contributed by atoms with Crippen LogP contribution in [0.4, 0.5) is 29.3 Å². The van der Waals surface area contributed by atoms with E-state index in [1.54, 1.807) is 25.1 Å². The molecule has 0 saturated heterocycles. The van der Waals surface area contributed by atoms with Crippen molar-refractivity contribution in [1.29, 1.82) is 0 Å². The molecule has 2 aromatic rings. The first kappa shape index (κ1) is 21.1. The third-order valence-corrected chi connectivity index (χ3v) is 4.48. The predicted molar refractivity (Wildman–Crippen MR) is 104 cm³/mol. The quantitative estimate of drug-likeness (QED) is 0.399. The summed E-state index contributed by atoms with van der Waals surface area (Å²) in [6, 6.07) is 5.94. The molecule has 7 N–H and O–H groups in total. The smallest absolute Gasteiger partial charge is 0.323 e. The summed E-state index contributed by atoms with van der Waals surface area (Å²) in [5.74, 6) is -5.17. The van der Waals surface area contributed by atoms with E-state index in [1.807, 2.05) is 0 Å². The summed E-state index contributed by atoms with van der Waals surface area (Å²) >= 11 is 0. The van der Waals surface area contributed by atoms with Crippen molar-refractivity contribution in [2.24, 2.45) is 5.73 Å². The van der Waals surface area contributed by atoms with Gasteiger partial charge in [0.05, 0.1) is 5.69 Å². The molecule has 0 aromatic heterocycles. The summed E-state index contributed by atoms with van der Waals surface area (Å²) in [5.41, 5.74) is 10.9. The van der Waals surface area contributed by atoms with Crippen LogP contribution < -0.4 is 32.5 Å². The zero-order valence-electron chi connectivity index (χ0n) is 15.8. The fourth-order valence-corrected chi connectivity index (χ4v) is 2.75. The van der Waals surface area contributed by atoms with Crippen molar-refractivity contribution in [3.8, 4) is 0 Å². The van der Waals surface area contributed by atoms with Gasteiger partial charge in [-0.25, -0.2) is 23.4 Å². The Bertz CT molecular complexity index is 1030. The van der Waals surface area contributed by atoms with Crippen LogP contribution in [0.5, 0.6) is 0 Å². The monoisotopic (exact) mass is 420 g/mol. The SMILES string of the molecule is Cc1ccc(CNC2(C(N)=O)C=CNN2)cc1NC(=O)Nc1ccc(F)c(F)c1F. The van der Waals surface area contributed by atoms with Gasteiger partial charge in [0.15, 0.2) is 23.1 Å². The number of primary amides is 1. The van der Waals surface area contributed by atoms with E-state index in [0.717, 1.165) is 6.07 Å². The van der Waals surface area contributed by atoms with Crippen molar-refractivity contribution < 1.29 is 22.8 Å². The van der Waals surface area contributed by atoms with Crippen LogP contribution in [0.15, 0.2) is 42.6 Å². The molecule has 1 atom stereocenters. The van der Waals surface area contributed by atoms with Crippen molar-refractivity contribution in [3.05, 3.63) is 71.2 Å². The van der Waals surface area contributed by atoms with Crippen molar-refractivity contribution in [1.82, 2.24) is 16.2 Å². The van der Waals surface area contributed by atoms with Gasteiger partial charge in [0.2, 0.25) is 0 Å². The van der Waals surface area contributed by atoms with E-state index >= 15 is 0 Å². The first-order valence-electron chi connectivity index (χ1n) is 8.78. The number of nitrogens with one attached hydrogen (secondary N) is 5. The van der Waals surface area contributed by atoms with Gasteiger partial charge in [-0.2, -0.15) is 0 Å². The van der Waals surface area contributed by atoms with E-state index in [-0.39, 0.29) is 6.54 Å². The van der Waals surface area contributed by atoms with E-state index < -0.39 is 40.7 Å². The van der Waals surface area contributed by atoms with Gasteiger partial charge in [0.25, 0.3) is 5.91 Å². The van der Waals surface area contributed by atoms with Crippen molar-refractivity contribution >= 4 is 23.3 Å². The number of benzene rings is 2. The highest BCUT2D eigenvalue weighted by Crippen LogP contribution is 2.21. The highest BCUT2D eigenvalue weighted by atomic mass is 19.2. The Hall–Kier alpha value is -3.57. The average molecular weight is 420 g/mol. The van der Waals surface area contributed by atoms with Crippen molar-refractivity contribution in [3.63, 3.8) is 0 Å². The van der Waals surface area contributed by atoms with Gasteiger partial charge in [0, 0.05) is 18.4 Å². The normalized spacial score (nSPS) is 17.5. The Labute approximate surface area is 169 Å². The minimum atomic E-state index is -1.68. The largest absolute Gasteiger partial charge is 0.367 e. The minimum absolute atomic E-state index is 0.219. The summed E-state index contributed by atoms with van der Waals surface area (Å²) in [5, 5.41) is 7.64. The van der Waals surface area contributed by atoms with Crippen LogP contribution >= 0.6 is 0 Å². The lowest BCUT2D eigenvalue weighted by Gasteiger charge is -2.25. The number of hydrogen-bond acceptors (Lipinski definition) is 5. The first-order valence-corrected chi connectivity index (χ1v) is 8.78. The number of carbonyl (C=O) groups excluding carboxylic acids is 2. The van der Waals surface area contributed by atoms with Gasteiger partial charge >= 0.3 is 6.03 Å². The van der Waals surface area contributed by atoms with Crippen LogP contribution in [0.25, 0.3) is 0 Å². The van der Waals surface area contributed by atoms with Crippen LogP contribution in [0.3, 0.4) is 0 Å². The molecule has 158 valence electrons. The van der Waals surface area contributed by atoms with E-state index in [4.69, 9.17) is 5.73 Å². The lowest BCUT2D eigenvalue weighted by Crippen LogP contribution is -2.63. The van der Waals surface area contributed by atoms with Crippen molar-refractivity contribution in [2.45, 2.75) is 19.1 Å². The summed E-state index contributed by atoms with van der Waals surface area (Å²) in [6.45, 7) is 1.96. The standard InChI is InChI=1S/C19H19F3N6O2/c1-10-2-3-11(9-24-19(17(23)29)6-7-25-28-19)8-14(10)27-18(30)26-13-5-4-12(20)15(21)16(13)22/h2-8,24-25,28H,9H2,1H3,(H2,23,29)(H2,26,27,30). The second-order valence-electron chi connectivity index (χ2n) is 6.58. The van der Waals surface area contributed by atoms with E-state index in [0.29, 0.717) is 22.9 Å². The maximum absolute atomic E-state index is 13.7. The molecule has 30 heavy (non-hydrogen) atoms. The lowest BCUT2D eigenvalue weighted by atomic mass is 10.1. The number of nitrogens with two attached hydrogens (primary N) is 1. The number of urea groups is 1. The van der Waals surface area contributed by atoms with E-state index in [2.05, 4.69) is 26.8 Å². The molecule has 0 radical (unpaired) electrons. The predicted octanol–water partition coefficient (Wildman–Crippen LogP) is 1.95. The Balaban J connectivity index is 1.69. The molecule has 1 aliphatic rings. The van der Waals surface area contributed by atoms with Gasteiger partial charge in [-0.05, 0) is 42.3 Å². The van der Waals surface area contributed by atoms with Crippen molar-refractivity contribution in [2.75, 3.05) is 10.6 Å². The summed E-state index contributed by atoms with van der Waals surface area (Å²) in [6.07, 6.45) is 3.06. The molecule has 0 spiro atoms. The molecule has 1 aliphatic heterocycles. The number of rotatable bonds is 6. The van der Waals surface area contributed by atoms with E-state index in [1.165, 1.54) is 12.3 Å². The van der Waals surface area contributed by atoms with E-state index in [9.17, 15) is 22.8 Å². The van der Waals surface area contributed by atoms with Crippen LogP contribution in [0, 0.1) is 24.4 Å². The molecule has 0 aliphatic carbocycles. The summed E-state index contributed by atoms with van der Waals surface area (Å²) < 4.78 is 40.1. The lowest BCUT2D eigenvalue weighted by molar-refractivity contribution is -0.123. The number of carbonyl (C=O) groups is 2. The topological polar surface area (TPSA) is 120 Å². The number of anilines is 2. The Kier molecular flexibility index (Phi) is 5.94. The third-order valence-electron chi connectivity index (χ3n) is 4.48. The minimum Gasteiger partial charge on any atom is -0.367 e.